The zero-order valence-electron chi connectivity index (χ0n) is 17.0. The zero-order valence-corrected chi connectivity index (χ0v) is 17.0. The third-order valence-electron chi connectivity index (χ3n) is 5.26. The van der Waals surface area contributed by atoms with E-state index in [1.54, 1.807) is 0 Å². The monoisotopic (exact) mass is 359 g/mol. The Morgan fingerprint density at radius 3 is 2.46 bits per heavy atom. The van der Waals surface area contributed by atoms with Crippen LogP contribution in [0.25, 0.3) is 0 Å². The Hall–Kier alpha value is -1.88. The Balaban J connectivity index is 1.93. The van der Waals surface area contributed by atoms with Gasteiger partial charge >= 0.3 is 0 Å². The van der Waals surface area contributed by atoms with E-state index in [-0.39, 0.29) is 24.4 Å². The number of aryl methyl sites for hydroxylation is 2. The number of nitrogens with zero attached hydrogens (tertiary/aromatic N) is 2. The maximum atomic E-state index is 12.8. The highest BCUT2D eigenvalue weighted by Gasteiger charge is 2.30. The maximum absolute atomic E-state index is 12.8. The molecule has 5 nitrogen and oxygen atoms in total. The van der Waals surface area contributed by atoms with Crippen LogP contribution in [0, 0.1) is 25.7 Å². The van der Waals surface area contributed by atoms with Gasteiger partial charge in [0, 0.05) is 18.8 Å². The smallest absolute Gasteiger partial charge is 0.239 e. The van der Waals surface area contributed by atoms with Crippen molar-refractivity contribution >= 4 is 17.5 Å². The van der Waals surface area contributed by atoms with Crippen LogP contribution in [-0.2, 0) is 9.59 Å². The van der Waals surface area contributed by atoms with Gasteiger partial charge in [0.15, 0.2) is 0 Å². The van der Waals surface area contributed by atoms with Gasteiger partial charge in [-0.05, 0) is 63.3 Å². The predicted octanol–water partition coefficient (Wildman–Crippen LogP) is 3.07. The van der Waals surface area contributed by atoms with E-state index in [1.807, 2.05) is 55.8 Å². The molecule has 0 aliphatic carbocycles. The first-order valence-electron chi connectivity index (χ1n) is 9.53. The first-order valence-corrected chi connectivity index (χ1v) is 9.53. The van der Waals surface area contributed by atoms with Gasteiger partial charge in [-0.2, -0.15) is 0 Å². The number of carbonyl (C=O) groups excluding carboxylic acids is 2. The van der Waals surface area contributed by atoms with Gasteiger partial charge in [-0.1, -0.05) is 26.0 Å². The van der Waals surface area contributed by atoms with Crippen LogP contribution < -0.4 is 5.32 Å². The number of likely N-dealkylation sites (N-methyl/N-ethyl adjacent to an activating group) is 1. The van der Waals surface area contributed by atoms with Gasteiger partial charge in [0.25, 0.3) is 0 Å². The van der Waals surface area contributed by atoms with Crippen LogP contribution >= 0.6 is 0 Å². The highest BCUT2D eigenvalue weighted by Crippen LogP contribution is 2.22. The highest BCUT2D eigenvalue weighted by atomic mass is 16.2. The van der Waals surface area contributed by atoms with Crippen molar-refractivity contribution in [3.63, 3.8) is 0 Å². The fraction of sp³-hybridized carbons (Fsp3) is 0.619. The lowest BCUT2D eigenvalue weighted by Crippen LogP contribution is -2.51. The quantitative estimate of drug-likeness (QED) is 0.879. The summed E-state index contributed by atoms with van der Waals surface area (Å²) in [5.41, 5.74) is 2.98. The molecule has 0 saturated carbocycles. The number of piperidine rings is 1. The van der Waals surface area contributed by atoms with Crippen molar-refractivity contribution < 1.29 is 9.59 Å². The Morgan fingerprint density at radius 1 is 1.23 bits per heavy atom. The number of likely N-dealkylation sites (tertiary alicyclic amines) is 1. The normalized spacial score (nSPS) is 21.6. The molecule has 5 heteroatoms. The second-order valence-electron chi connectivity index (χ2n) is 8.15. The summed E-state index contributed by atoms with van der Waals surface area (Å²) in [5, 5.41) is 2.96. The lowest BCUT2D eigenvalue weighted by molar-refractivity contribution is -0.139. The zero-order chi connectivity index (χ0) is 19.4. The van der Waals surface area contributed by atoms with Crippen molar-refractivity contribution in [2.75, 3.05) is 32.0 Å². The number of carbonyl (C=O) groups is 2. The molecule has 1 heterocycles. The number of anilines is 1. The van der Waals surface area contributed by atoms with Crippen molar-refractivity contribution in [2.24, 2.45) is 11.8 Å². The van der Waals surface area contributed by atoms with Gasteiger partial charge < -0.3 is 10.2 Å². The summed E-state index contributed by atoms with van der Waals surface area (Å²) >= 11 is 0. The molecular weight excluding hydrogens is 326 g/mol. The number of hydrogen-bond acceptors (Lipinski definition) is 3. The molecule has 0 spiro atoms. The van der Waals surface area contributed by atoms with Crippen LogP contribution in [0.4, 0.5) is 5.69 Å². The van der Waals surface area contributed by atoms with E-state index in [9.17, 15) is 9.59 Å². The van der Waals surface area contributed by atoms with E-state index in [4.69, 9.17) is 0 Å². The molecule has 1 saturated heterocycles. The van der Waals surface area contributed by atoms with E-state index in [0.29, 0.717) is 11.8 Å². The lowest BCUT2D eigenvalue weighted by Gasteiger charge is -2.38. The Kier molecular flexibility index (Phi) is 6.81. The number of benzene rings is 1. The van der Waals surface area contributed by atoms with E-state index in [1.165, 1.54) is 6.42 Å². The van der Waals surface area contributed by atoms with Crippen LogP contribution in [0.5, 0.6) is 0 Å². The standard InChI is InChI=1S/C21H33N3O2/c1-14-7-8-17(4)19(10-14)22-20(25)13-23(6)18(5)21(26)24-11-15(2)9-16(3)12-24/h7-8,10,15-16,18H,9,11-13H2,1-6H3,(H,22,25)/t15-,16+,18-/m1/s1. The summed E-state index contributed by atoms with van der Waals surface area (Å²) in [5.74, 6) is 1.09. The molecule has 1 N–H and O–H groups in total. The Labute approximate surface area is 157 Å². The molecule has 144 valence electrons. The molecule has 2 amide bonds. The largest absolute Gasteiger partial charge is 0.341 e. The topological polar surface area (TPSA) is 52.7 Å². The SMILES string of the molecule is Cc1ccc(C)c(NC(=O)CN(C)[C@H](C)C(=O)N2C[C@H](C)C[C@H](C)C2)c1. The predicted molar refractivity (Wildman–Crippen MR) is 106 cm³/mol. The Morgan fingerprint density at radius 2 is 1.85 bits per heavy atom. The minimum atomic E-state index is -0.308. The molecule has 0 aromatic heterocycles. The van der Waals surface area contributed by atoms with E-state index >= 15 is 0 Å². The molecule has 26 heavy (non-hydrogen) atoms. The first kappa shape index (κ1) is 20.4. The molecule has 0 unspecified atom stereocenters. The van der Waals surface area contributed by atoms with Crippen molar-refractivity contribution in [1.29, 1.82) is 0 Å². The fourth-order valence-electron chi connectivity index (χ4n) is 3.72. The number of hydrogen-bond donors (Lipinski definition) is 1. The molecule has 3 atom stereocenters. The molecule has 1 fully saturated rings. The molecule has 0 radical (unpaired) electrons. The minimum Gasteiger partial charge on any atom is -0.341 e. The molecule has 1 aliphatic rings. The number of amides is 2. The van der Waals surface area contributed by atoms with Crippen LogP contribution in [0.3, 0.4) is 0 Å². The highest BCUT2D eigenvalue weighted by molar-refractivity contribution is 5.93. The third kappa shape index (κ3) is 5.31. The van der Waals surface area contributed by atoms with E-state index < -0.39 is 0 Å². The van der Waals surface area contributed by atoms with Crippen LogP contribution in [-0.4, -0.2) is 54.3 Å². The van der Waals surface area contributed by atoms with Crippen LogP contribution in [0.2, 0.25) is 0 Å². The summed E-state index contributed by atoms with van der Waals surface area (Å²) in [6.07, 6.45) is 1.17. The van der Waals surface area contributed by atoms with Crippen LogP contribution in [0.1, 0.15) is 38.3 Å². The lowest BCUT2D eigenvalue weighted by atomic mass is 9.91. The van der Waals surface area contributed by atoms with Gasteiger partial charge in [0.05, 0.1) is 12.6 Å². The molecular formula is C21H33N3O2. The maximum Gasteiger partial charge on any atom is 0.239 e. The Bertz CT molecular complexity index is 649. The van der Waals surface area contributed by atoms with Crippen molar-refractivity contribution in [3.05, 3.63) is 29.3 Å². The fourth-order valence-corrected chi connectivity index (χ4v) is 3.72. The van der Waals surface area contributed by atoms with Crippen molar-refractivity contribution in [3.8, 4) is 0 Å². The van der Waals surface area contributed by atoms with Gasteiger partial charge in [-0.25, -0.2) is 0 Å². The molecule has 2 rings (SSSR count). The van der Waals surface area contributed by atoms with Crippen molar-refractivity contribution in [1.82, 2.24) is 9.80 Å². The minimum absolute atomic E-state index is 0.0961. The summed E-state index contributed by atoms with van der Waals surface area (Å²) < 4.78 is 0. The number of rotatable bonds is 5. The first-order chi connectivity index (χ1) is 12.2. The van der Waals surface area contributed by atoms with Crippen molar-refractivity contribution in [2.45, 2.75) is 47.1 Å². The van der Waals surface area contributed by atoms with Gasteiger partial charge in [0.1, 0.15) is 0 Å². The molecule has 0 bridgehead atoms. The summed E-state index contributed by atoms with van der Waals surface area (Å²) in [6, 6.07) is 5.69. The second-order valence-corrected chi connectivity index (χ2v) is 8.15. The average molecular weight is 360 g/mol. The molecule has 1 aromatic carbocycles. The summed E-state index contributed by atoms with van der Waals surface area (Å²) in [6.45, 7) is 12.1. The average Bonchev–Trinajstić information content (AvgIpc) is 2.55. The van der Waals surface area contributed by atoms with E-state index in [2.05, 4.69) is 19.2 Å². The van der Waals surface area contributed by atoms with Gasteiger partial charge in [-0.15, -0.1) is 0 Å². The second kappa shape index (κ2) is 8.67. The van der Waals surface area contributed by atoms with Gasteiger partial charge in [-0.3, -0.25) is 14.5 Å². The third-order valence-corrected chi connectivity index (χ3v) is 5.26. The van der Waals surface area contributed by atoms with Gasteiger partial charge in [0.2, 0.25) is 11.8 Å². The molecule has 1 aromatic rings. The summed E-state index contributed by atoms with van der Waals surface area (Å²) in [7, 11) is 1.84. The van der Waals surface area contributed by atoms with Crippen LogP contribution in [0.15, 0.2) is 18.2 Å². The van der Waals surface area contributed by atoms with E-state index in [0.717, 1.165) is 29.9 Å². The number of nitrogens with one attached hydrogen (secondary N) is 1. The summed E-state index contributed by atoms with van der Waals surface area (Å²) in [4.78, 5) is 29.0. The molecule has 1 aliphatic heterocycles.